The molecule has 3 aromatic rings. The molecule has 0 saturated carbocycles. The third kappa shape index (κ3) is 7.77. The minimum atomic E-state index is -0.560. The Bertz CT molecular complexity index is 1130. The Balaban J connectivity index is 1.19. The van der Waals surface area contributed by atoms with E-state index in [1.807, 2.05) is 12.1 Å². The number of nitrogens with zero attached hydrogens (tertiary/aromatic N) is 2. The first kappa shape index (κ1) is 26.1. The lowest BCUT2D eigenvalue weighted by Gasteiger charge is -2.26. The number of hydrogen-bond donors (Lipinski definition) is 3. The molecule has 0 radical (unpaired) electrons. The molecular weight excluding hydrogens is 500 g/mol. The molecule has 2 amide bonds. The number of rotatable bonds is 10. The zero-order valence-corrected chi connectivity index (χ0v) is 21.3. The van der Waals surface area contributed by atoms with Crippen molar-refractivity contribution < 1.29 is 24.3 Å². The van der Waals surface area contributed by atoms with Crippen LogP contribution in [0.5, 0.6) is 5.75 Å². The molecule has 1 aliphatic heterocycles. The molecule has 1 aromatic heterocycles. The van der Waals surface area contributed by atoms with Gasteiger partial charge in [-0.3, -0.25) is 19.7 Å². The zero-order valence-electron chi connectivity index (χ0n) is 19.6. The van der Waals surface area contributed by atoms with Crippen LogP contribution in [0.2, 0.25) is 0 Å². The molecule has 2 heterocycles. The number of nitrogens with one attached hydrogen (secondary N) is 2. The molecule has 0 aliphatic carbocycles. The van der Waals surface area contributed by atoms with Crippen molar-refractivity contribution in [3.05, 3.63) is 65.2 Å². The second-order valence-electron chi connectivity index (χ2n) is 8.00. The smallest absolute Gasteiger partial charge is 0.307 e. The highest BCUT2D eigenvalue weighted by atomic mass is 32.2. The van der Waals surface area contributed by atoms with E-state index in [1.165, 1.54) is 0 Å². The first-order valence-corrected chi connectivity index (χ1v) is 13.3. The number of morpholine rings is 1. The van der Waals surface area contributed by atoms with Crippen molar-refractivity contribution in [3.8, 4) is 16.3 Å². The van der Waals surface area contributed by atoms with Crippen LogP contribution in [0.1, 0.15) is 16.1 Å². The van der Waals surface area contributed by atoms with Crippen molar-refractivity contribution in [2.75, 3.05) is 46.0 Å². The maximum absolute atomic E-state index is 12.5. The number of thiazole rings is 1. The molecule has 0 spiro atoms. The minimum Gasteiger partial charge on any atom is -0.492 e. The van der Waals surface area contributed by atoms with E-state index in [2.05, 4.69) is 15.6 Å². The van der Waals surface area contributed by atoms with Crippen molar-refractivity contribution in [1.29, 1.82) is 0 Å². The highest BCUT2D eigenvalue weighted by Gasteiger charge is 2.12. The molecule has 1 fully saturated rings. The van der Waals surface area contributed by atoms with Crippen LogP contribution in [0, 0.1) is 0 Å². The Labute approximate surface area is 217 Å². The number of carbonyl (C=O) groups excluding carboxylic acids is 2. The van der Waals surface area contributed by atoms with Crippen LogP contribution in [-0.4, -0.2) is 72.2 Å². The van der Waals surface area contributed by atoms with Crippen LogP contribution in [-0.2, 0) is 11.2 Å². The highest BCUT2D eigenvalue weighted by molar-refractivity contribution is 8.13. The fourth-order valence-corrected chi connectivity index (χ4v) is 4.98. The summed E-state index contributed by atoms with van der Waals surface area (Å²) in [4.78, 5) is 31.5. The Morgan fingerprint density at radius 3 is 2.58 bits per heavy atom. The molecule has 4 rings (SSSR count). The van der Waals surface area contributed by atoms with Gasteiger partial charge >= 0.3 is 5.24 Å². The van der Waals surface area contributed by atoms with Crippen molar-refractivity contribution in [1.82, 2.24) is 20.7 Å². The lowest BCUT2D eigenvalue weighted by atomic mass is 10.1. The van der Waals surface area contributed by atoms with Gasteiger partial charge in [-0.05, 0) is 48.2 Å². The minimum absolute atomic E-state index is 0.169. The maximum Gasteiger partial charge on any atom is 0.307 e. The monoisotopic (exact) mass is 528 g/mol. The van der Waals surface area contributed by atoms with Crippen LogP contribution < -0.4 is 15.5 Å². The molecule has 0 atom stereocenters. The van der Waals surface area contributed by atoms with E-state index in [0.717, 1.165) is 67.3 Å². The number of benzene rings is 2. The summed E-state index contributed by atoms with van der Waals surface area (Å²) in [5.74, 6) is 0.451. The van der Waals surface area contributed by atoms with Gasteiger partial charge in [-0.1, -0.05) is 12.1 Å². The fraction of sp³-hybridized carbons (Fsp3) is 0.320. The van der Waals surface area contributed by atoms with E-state index >= 15 is 0 Å². The molecule has 0 unspecified atom stereocenters. The summed E-state index contributed by atoms with van der Waals surface area (Å²) in [5.41, 5.74) is 4.23. The fourth-order valence-electron chi connectivity index (χ4n) is 3.59. The van der Waals surface area contributed by atoms with E-state index in [0.29, 0.717) is 29.4 Å². The largest absolute Gasteiger partial charge is 0.492 e. The van der Waals surface area contributed by atoms with Gasteiger partial charge in [-0.15, -0.1) is 11.3 Å². The second-order valence-corrected chi connectivity index (χ2v) is 9.91. The summed E-state index contributed by atoms with van der Waals surface area (Å²) in [7, 11) is 0. The Kier molecular flexibility index (Phi) is 9.70. The van der Waals surface area contributed by atoms with Gasteiger partial charge < -0.3 is 14.8 Å². The van der Waals surface area contributed by atoms with Crippen molar-refractivity contribution in [3.63, 3.8) is 0 Å². The summed E-state index contributed by atoms with van der Waals surface area (Å²) in [6.07, 6.45) is 0.920. The second kappa shape index (κ2) is 13.4. The van der Waals surface area contributed by atoms with Gasteiger partial charge in [-0.2, -0.15) is 0 Å². The standard InChI is InChI=1S/C25H28N4O5S2/c30-23(26-10-14-34-21-5-7-22(8-6-21)36-25(31)28-32)18-1-3-19(4-2-18)24-27-20(17-35-24)9-11-29-12-15-33-16-13-29/h1-8,17,32H,9-16H2,(H,26,30)(H,28,31). The Hall–Kier alpha value is -2.96. The molecule has 2 aromatic carbocycles. The first-order chi connectivity index (χ1) is 17.6. The molecule has 36 heavy (non-hydrogen) atoms. The molecule has 1 aliphatic rings. The van der Waals surface area contributed by atoms with Gasteiger partial charge in [0.2, 0.25) is 0 Å². The number of amides is 2. The third-order valence-corrected chi connectivity index (χ3v) is 7.24. The van der Waals surface area contributed by atoms with Crippen LogP contribution in [0.25, 0.3) is 10.6 Å². The predicted octanol–water partition coefficient (Wildman–Crippen LogP) is 3.68. The zero-order chi connectivity index (χ0) is 25.2. The molecule has 11 heteroatoms. The summed E-state index contributed by atoms with van der Waals surface area (Å²) in [5, 5.41) is 13.9. The van der Waals surface area contributed by atoms with E-state index in [4.69, 9.17) is 19.7 Å². The summed E-state index contributed by atoms with van der Waals surface area (Å²) in [6.45, 7) is 5.21. The van der Waals surface area contributed by atoms with E-state index in [1.54, 1.807) is 53.2 Å². The molecule has 190 valence electrons. The topological polar surface area (TPSA) is 113 Å². The highest BCUT2D eigenvalue weighted by Crippen LogP contribution is 2.25. The van der Waals surface area contributed by atoms with E-state index in [-0.39, 0.29) is 5.91 Å². The number of aromatic nitrogens is 1. The first-order valence-electron chi connectivity index (χ1n) is 11.6. The van der Waals surface area contributed by atoms with Crippen molar-refractivity contribution >= 4 is 34.2 Å². The quantitative estimate of drug-likeness (QED) is 0.158. The predicted molar refractivity (Wildman–Crippen MR) is 139 cm³/mol. The normalized spacial score (nSPS) is 13.8. The van der Waals surface area contributed by atoms with Crippen LogP contribution in [0.4, 0.5) is 4.79 Å². The maximum atomic E-state index is 12.5. The average Bonchev–Trinajstić information content (AvgIpc) is 3.40. The Morgan fingerprint density at radius 1 is 1.11 bits per heavy atom. The Morgan fingerprint density at radius 2 is 1.86 bits per heavy atom. The molecule has 1 saturated heterocycles. The number of carbonyl (C=O) groups is 2. The number of ether oxygens (including phenoxy) is 2. The van der Waals surface area contributed by atoms with Crippen LogP contribution in [0.15, 0.2) is 58.8 Å². The number of hydroxylamine groups is 1. The SMILES string of the molecule is O=C(NO)Sc1ccc(OCCNC(=O)c2ccc(-c3nc(CCN4CCOCC4)cs3)cc2)cc1. The van der Waals surface area contributed by atoms with Gasteiger partial charge in [0, 0.05) is 47.5 Å². The van der Waals surface area contributed by atoms with E-state index in [9.17, 15) is 9.59 Å². The van der Waals surface area contributed by atoms with Crippen molar-refractivity contribution in [2.45, 2.75) is 11.3 Å². The van der Waals surface area contributed by atoms with Gasteiger partial charge in [0.1, 0.15) is 17.4 Å². The summed E-state index contributed by atoms with van der Waals surface area (Å²) >= 11 is 2.49. The van der Waals surface area contributed by atoms with Gasteiger partial charge in [0.25, 0.3) is 5.91 Å². The lowest BCUT2D eigenvalue weighted by Crippen LogP contribution is -2.37. The summed E-state index contributed by atoms with van der Waals surface area (Å²) in [6, 6.07) is 14.3. The lowest BCUT2D eigenvalue weighted by molar-refractivity contribution is 0.0383. The molecular formula is C25H28N4O5S2. The van der Waals surface area contributed by atoms with Crippen LogP contribution in [0.3, 0.4) is 0 Å². The van der Waals surface area contributed by atoms with Crippen LogP contribution >= 0.6 is 23.1 Å². The van der Waals surface area contributed by atoms with Crippen molar-refractivity contribution in [2.24, 2.45) is 0 Å². The molecule has 0 bridgehead atoms. The van der Waals surface area contributed by atoms with E-state index < -0.39 is 5.24 Å². The van der Waals surface area contributed by atoms with Gasteiger partial charge in [0.05, 0.1) is 25.5 Å². The third-order valence-electron chi connectivity index (χ3n) is 5.52. The summed E-state index contributed by atoms with van der Waals surface area (Å²) < 4.78 is 11.0. The molecule has 9 nitrogen and oxygen atoms in total. The van der Waals surface area contributed by atoms with Gasteiger partial charge in [0.15, 0.2) is 0 Å². The average molecular weight is 529 g/mol. The number of hydrogen-bond acceptors (Lipinski definition) is 9. The van der Waals surface area contributed by atoms with Gasteiger partial charge in [-0.25, -0.2) is 10.5 Å². The number of thioether (sulfide) groups is 1. The molecule has 3 N–H and O–H groups in total.